The Morgan fingerprint density at radius 3 is 2.28 bits per heavy atom. The molecule has 0 saturated carbocycles. The number of nitrogens with zero attached hydrogens (tertiary/aromatic N) is 3. The van der Waals surface area contributed by atoms with Gasteiger partial charge in [-0.05, 0) is 63.6 Å². The predicted molar refractivity (Wildman–Crippen MR) is 207 cm³/mol. The standard InChI is InChI=1S/C46H27N3O/c1-2-11-28(12-3-1)31-23-25-39-37(27-31)42-32-15-6-4-13-29(32)22-26-40(42)49(39)46-47-38-19-9-8-17-34(38)44(48-46)35-18-10-20-41-43(35)36-24-21-30-14-5-7-16-33(30)45(36)50-41/h1-27H/i5D,7D,8D,9D,10D,14D,16D,17D,18D,19D,20D,21D,24D. The van der Waals surface area contributed by atoms with E-state index in [1.807, 2.05) is 78.9 Å². The average Bonchev–Trinajstić information content (AvgIpc) is 3.86. The molecule has 232 valence electrons. The van der Waals surface area contributed by atoms with E-state index >= 15 is 0 Å². The zero-order chi connectivity index (χ0) is 44.1. The highest BCUT2D eigenvalue weighted by atomic mass is 16.3. The van der Waals surface area contributed by atoms with Gasteiger partial charge in [0.25, 0.3) is 0 Å². The summed E-state index contributed by atoms with van der Waals surface area (Å²) in [6.07, 6.45) is 0. The molecule has 3 aromatic heterocycles. The van der Waals surface area contributed by atoms with E-state index in [2.05, 4.69) is 6.07 Å². The highest BCUT2D eigenvalue weighted by Gasteiger charge is 2.22. The topological polar surface area (TPSA) is 43.9 Å². The number of para-hydroxylation sites is 1. The summed E-state index contributed by atoms with van der Waals surface area (Å²) in [5.41, 5.74) is 1.88. The molecule has 0 atom stereocenters. The SMILES string of the molecule is [2H]c1c([2H])c([2H])c2c(-c3c([2H])c([2H])c([2H])c4oc5c6c([2H])c([2H])c([2H])c([2H])c6c([2H])c([2H])c5c34)nc(-n3c4ccc(-c5ccccc5)cc4c4c5ccccc5ccc43)nc2c1[2H]. The van der Waals surface area contributed by atoms with Gasteiger partial charge in [-0.3, -0.25) is 4.57 Å². The third-order valence-electron chi connectivity index (χ3n) is 9.28. The Balaban J connectivity index is 1.35. The van der Waals surface area contributed by atoms with Crippen LogP contribution in [0.1, 0.15) is 17.8 Å². The van der Waals surface area contributed by atoms with Gasteiger partial charge in [-0.1, -0.05) is 127 Å². The molecule has 0 amide bonds. The lowest BCUT2D eigenvalue weighted by molar-refractivity contribution is 0.673. The zero-order valence-corrected chi connectivity index (χ0v) is 25.8. The van der Waals surface area contributed by atoms with Crippen LogP contribution in [0.15, 0.2) is 168 Å². The van der Waals surface area contributed by atoms with Gasteiger partial charge < -0.3 is 4.42 Å². The number of aromatic nitrogens is 3. The first-order valence-electron chi connectivity index (χ1n) is 22.4. The van der Waals surface area contributed by atoms with Gasteiger partial charge in [0, 0.05) is 37.9 Å². The molecule has 0 unspecified atom stereocenters. The summed E-state index contributed by atoms with van der Waals surface area (Å²) in [6.45, 7) is 0. The van der Waals surface area contributed by atoms with Crippen LogP contribution in [0, 0.1) is 0 Å². The molecule has 0 aliphatic carbocycles. The molecule has 0 N–H and O–H groups in total. The number of hydrogen-bond acceptors (Lipinski definition) is 3. The molecular formula is C46H27N3O. The van der Waals surface area contributed by atoms with E-state index in [-0.39, 0.29) is 60.8 Å². The zero-order valence-electron chi connectivity index (χ0n) is 38.8. The number of hydrogen-bond donors (Lipinski definition) is 0. The Bertz CT molecular complexity index is 3900. The third kappa shape index (κ3) is 3.87. The highest BCUT2D eigenvalue weighted by molar-refractivity contribution is 6.22. The maximum atomic E-state index is 9.46. The van der Waals surface area contributed by atoms with E-state index in [0.29, 0.717) is 11.0 Å². The Morgan fingerprint density at radius 2 is 1.34 bits per heavy atom. The van der Waals surface area contributed by atoms with Crippen LogP contribution >= 0.6 is 0 Å². The molecular weight excluding hydrogens is 611 g/mol. The molecule has 0 saturated heterocycles. The average molecular weight is 651 g/mol. The van der Waals surface area contributed by atoms with Gasteiger partial charge in [0.05, 0.1) is 40.1 Å². The normalized spacial score (nSPS) is 15.6. The Labute approximate surface area is 304 Å². The first-order chi connectivity index (χ1) is 30.2. The molecule has 0 fully saturated rings. The molecule has 4 heteroatoms. The minimum absolute atomic E-state index is 0.0565. The maximum Gasteiger partial charge on any atom is 0.235 e. The molecule has 11 rings (SSSR count). The van der Waals surface area contributed by atoms with Crippen molar-refractivity contribution in [1.29, 1.82) is 0 Å². The van der Waals surface area contributed by atoms with Gasteiger partial charge in [-0.25, -0.2) is 9.97 Å². The molecule has 3 heterocycles. The molecule has 8 aromatic carbocycles. The molecule has 0 bridgehead atoms. The van der Waals surface area contributed by atoms with Gasteiger partial charge in [0.15, 0.2) is 0 Å². The van der Waals surface area contributed by atoms with Crippen molar-refractivity contribution in [2.24, 2.45) is 0 Å². The van der Waals surface area contributed by atoms with E-state index in [4.69, 9.17) is 28.1 Å². The first kappa shape index (κ1) is 17.6. The van der Waals surface area contributed by atoms with Crippen LogP contribution in [0.5, 0.6) is 0 Å². The molecule has 4 nitrogen and oxygen atoms in total. The molecule has 0 radical (unpaired) electrons. The summed E-state index contributed by atoms with van der Waals surface area (Å²) in [6, 6.07) is 20.0. The second-order valence-corrected chi connectivity index (χ2v) is 12.0. The molecule has 11 aromatic rings. The van der Waals surface area contributed by atoms with Crippen LogP contribution < -0.4 is 0 Å². The van der Waals surface area contributed by atoms with Crippen molar-refractivity contribution in [3.8, 4) is 28.3 Å². The molecule has 0 aliphatic rings. The fourth-order valence-electron chi connectivity index (χ4n) is 7.08. The van der Waals surface area contributed by atoms with Crippen LogP contribution in [0.4, 0.5) is 0 Å². The van der Waals surface area contributed by atoms with Crippen LogP contribution in [-0.4, -0.2) is 14.5 Å². The molecule has 50 heavy (non-hydrogen) atoms. The lowest BCUT2D eigenvalue weighted by Crippen LogP contribution is -2.03. The summed E-state index contributed by atoms with van der Waals surface area (Å²) in [7, 11) is 0. The minimum Gasteiger partial charge on any atom is -0.455 e. The predicted octanol–water partition coefficient (Wildman–Crippen LogP) is 12.3. The lowest BCUT2D eigenvalue weighted by atomic mass is 9.99. The Kier molecular flexibility index (Phi) is 3.64. The van der Waals surface area contributed by atoms with Crippen LogP contribution in [-0.2, 0) is 0 Å². The fraction of sp³-hybridized carbons (Fsp3) is 0. The van der Waals surface area contributed by atoms with Crippen molar-refractivity contribution in [2.45, 2.75) is 0 Å². The smallest absolute Gasteiger partial charge is 0.235 e. The van der Waals surface area contributed by atoms with Crippen LogP contribution in [0.2, 0.25) is 0 Å². The monoisotopic (exact) mass is 650 g/mol. The van der Waals surface area contributed by atoms with Crippen molar-refractivity contribution in [3.05, 3.63) is 163 Å². The Morgan fingerprint density at radius 1 is 0.520 bits per heavy atom. The van der Waals surface area contributed by atoms with Crippen molar-refractivity contribution in [1.82, 2.24) is 14.5 Å². The summed E-state index contributed by atoms with van der Waals surface area (Å²) < 4.78 is 124. The quantitative estimate of drug-likeness (QED) is 0.191. The van der Waals surface area contributed by atoms with Crippen molar-refractivity contribution in [2.75, 3.05) is 0 Å². The fourth-order valence-corrected chi connectivity index (χ4v) is 7.08. The second-order valence-electron chi connectivity index (χ2n) is 12.0. The number of furan rings is 1. The van der Waals surface area contributed by atoms with E-state index in [9.17, 15) is 4.11 Å². The van der Waals surface area contributed by atoms with Gasteiger partial charge >= 0.3 is 0 Å². The molecule has 0 aliphatic heterocycles. The van der Waals surface area contributed by atoms with E-state index in [1.165, 1.54) is 0 Å². The first-order valence-corrected chi connectivity index (χ1v) is 15.9. The summed E-state index contributed by atoms with van der Waals surface area (Å²) in [5, 5.41) is 2.47. The largest absolute Gasteiger partial charge is 0.455 e. The maximum absolute atomic E-state index is 9.46. The van der Waals surface area contributed by atoms with E-state index in [0.717, 1.165) is 32.7 Å². The summed E-state index contributed by atoms with van der Waals surface area (Å²) >= 11 is 0. The number of rotatable bonds is 3. The highest BCUT2D eigenvalue weighted by Crippen LogP contribution is 2.42. The Hall–Kier alpha value is -6.78. The van der Waals surface area contributed by atoms with Gasteiger partial charge in [-0.15, -0.1) is 0 Å². The van der Waals surface area contributed by atoms with Gasteiger partial charge in [0.1, 0.15) is 11.2 Å². The van der Waals surface area contributed by atoms with Crippen LogP contribution in [0.25, 0.3) is 105 Å². The lowest BCUT2D eigenvalue weighted by Gasteiger charge is -2.12. The molecule has 0 spiro atoms. The van der Waals surface area contributed by atoms with Crippen molar-refractivity contribution in [3.63, 3.8) is 0 Å². The van der Waals surface area contributed by atoms with E-state index < -0.39 is 78.6 Å². The second kappa shape index (κ2) is 10.4. The number of benzene rings is 8. The van der Waals surface area contributed by atoms with Gasteiger partial charge in [-0.2, -0.15) is 0 Å². The van der Waals surface area contributed by atoms with Crippen molar-refractivity contribution < 1.29 is 22.2 Å². The summed E-state index contributed by atoms with van der Waals surface area (Å²) in [5.74, 6) is -0.0565. The van der Waals surface area contributed by atoms with Crippen LogP contribution in [0.3, 0.4) is 0 Å². The van der Waals surface area contributed by atoms with E-state index in [1.54, 1.807) is 4.57 Å². The van der Waals surface area contributed by atoms with Gasteiger partial charge in [0.2, 0.25) is 5.95 Å². The minimum atomic E-state index is -0.647. The number of fused-ring (bicyclic) bond motifs is 11. The summed E-state index contributed by atoms with van der Waals surface area (Å²) in [4.78, 5) is 9.91. The third-order valence-corrected chi connectivity index (χ3v) is 9.28. The van der Waals surface area contributed by atoms with Crippen molar-refractivity contribution >= 4 is 76.2 Å².